The average Bonchev–Trinajstić information content (AvgIpc) is 3.39. The standard InChI is InChI=1S/C26H38N4O6S/c31-22-18-30(37(34,35)24-12-4-5-15-27-24)16-6-10-20(22)28-25(32)21(14-13-19-8-2-1-3-9-19)29-26(33)23-11-7-17-36-23/h4-5,12,15,19-21,23H,1-3,6-11,13-14,16-18H2,(H,28,32)(H,29,33)/t20?,21?,23-/m1/s1. The van der Waals surface area contributed by atoms with E-state index in [9.17, 15) is 22.8 Å². The zero-order valence-electron chi connectivity index (χ0n) is 21.3. The molecule has 3 aliphatic rings. The zero-order valence-corrected chi connectivity index (χ0v) is 22.1. The highest BCUT2D eigenvalue weighted by atomic mass is 32.2. The van der Waals surface area contributed by atoms with Gasteiger partial charge in [0.15, 0.2) is 10.8 Å². The van der Waals surface area contributed by atoms with Crippen LogP contribution in [0.4, 0.5) is 0 Å². The highest BCUT2D eigenvalue weighted by molar-refractivity contribution is 7.89. The van der Waals surface area contributed by atoms with Gasteiger partial charge >= 0.3 is 0 Å². The number of aromatic nitrogens is 1. The molecule has 0 spiro atoms. The summed E-state index contributed by atoms with van der Waals surface area (Å²) in [7, 11) is -3.92. The normalized spacial score (nSPS) is 24.8. The SMILES string of the molecule is O=C1CN(S(=O)(=O)c2ccccn2)CCCC1NC(=O)C(CCC1CCCCC1)NC(=O)[C@H]1CCCO1. The van der Waals surface area contributed by atoms with E-state index in [2.05, 4.69) is 15.6 Å². The van der Waals surface area contributed by atoms with Crippen LogP contribution in [-0.2, 0) is 29.1 Å². The summed E-state index contributed by atoms with van der Waals surface area (Å²) in [6, 6.07) is 3.04. The van der Waals surface area contributed by atoms with Crippen LogP contribution in [-0.4, -0.2) is 73.2 Å². The summed E-state index contributed by atoms with van der Waals surface area (Å²) in [4.78, 5) is 43.1. The molecule has 0 aromatic carbocycles. The van der Waals surface area contributed by atoms with E-state index >= 15 is 0 Å². The molecule has 1 aliphatic carbocycles. The third-order valence-electron chi connectivity index (χ3n) is 7.62. The molecule has 37 heavy (non-hydrogen) atoms. The van der Waals surface area contributed by atoms with Crippen LogP contribution >= 0.6 is 0 Å². The van der Waals surface area contributed by atoms with Gasteiger partial charge in [-0.15, -0.1) is 0 Å². The quantitative estimate of drug-likeness (QED) is 0.494. The van der Waals surface area contributed by atoms with E-state index in [1.807, 2.05) is 0 Å². The summed E-state index contributed by atoms with van der Waals surface area (Å²) in [6.45, 7) is 0.363. The van der Waals surface area contributed by atoms with Crippen LogP contribution in [0.2, 0.25) is 0 Å². The lowest BCUT2D eigenvalue weighted by molar-refractivity contribution is -0.135. The molecule has 2 aliphatic heterocycles. The molecule has 2 N–H and O–H groups in total. The number of ether oxygens (including phenoxy) is 1. The van der Waals surface area contributed by atoms with E-state index in [1.54, 1.807) is 12.1 Å². The van der Waals surface area contributed by atoms with Crippen LogP contribution in [0.15, 0.2) is 29.4 Å². The Morgan fingerprint density at radius 3 is 2.59 bits per heavy atom. The molecular weight excluding hydrogens is 496 g/mol. The first kappa shape index (κ1) is 27.7. The molecule has 0 radical (unpaired) electrons. The first-order valence-corrected chi connectivity index (χ1v) is 14.9. The smallest absolute Gasteiger partial charge is 0.260 e. The summed E-state index contributed by atoms with van der Waals surface area (Å²) in [5, 5.41) is 5.59. The number of amides is 2. The van der Waals surface area contributed by atoms with Gasteiger partial charge in [0.25, 0.3) is 10.0 Å². The van der Waals surface area contributed by atoms with Gasteiger partial charge in [-0.05, 0) is 56.6 Å². The van der Waals surface area contributed by atoms with Gasteiger partial charge < -0.3 is 15.4 Å². The van der Waals surface area contributed by atoms with Crippen molar-refractivity contribution in [1.82, 2.24) is 19.9 Å². The third kappa shape index (κ3) is 7.36. The Morgan fingerprint density at radius 2 is 1.89 bits per heavy atom. The number of Topliss-reactive ketones (excluding diaryl/α,β-unsaturated/α-hetero) is 1. The van der Waals surface area contributed by atoms with Crippen LogP contribution in [0, 0.1) is 5.92 Å². The number of hydrogen-bond acceptors (Lipinski definition) is 7. The fourth-order valence-electron chi connectivity index (χ4n) is 5.45. The lowest BCUT2D eigenvalue weighted by Crippen LogP contribution is -2.53. The van der Waals surface area contributed by atoms with Crippen molar-refractivity contribution in [3.63, 3.8) is 0 Å². The van der Waals surface area contributed by atoms with E-state index in [0.717, 1.165) is 30.0 Å². The fraction of sp³-hybridized carbons (Fsp3) is 0.692. The van der Waals surface area contributed by atoms with Crippen molar-refractivity contribution in [1.29, 1.82) is 0 Å². The zero-order chi connectivity index (χ0) is 26.3. The Kier molecular flexibility index (Phi) is 9.66. The lowest BCUT2D eigenvalue weighted by Gasteiger charge is -2.26. The predicted molar refractivity (Wildman–Crippen MR) is 136 cm³/mol. The summed E-state index contributed by atoms with van der Waals surface area (Å²) in [5.41, 5.74) is 0. The first-order chi connectivity index (χ1) is 17.8. The molecule has 204 valence electrons. The van der Waals surface area contributed by atoms with Crippen LogP contribution in [0.25, 0.3) is 0 Å². The van der Waals surface area contributed by atoms with Crippen LogP contribution in [0.5, 0.6) is 0 Å². The number of nitrogens with one attached hydrogen (secondary N) is 2. The molecule has 2 saturated heterocycles. The molecule has 3 fully saturated rings. The fourth-order valence-corrected chi connectivity index (χ4v) is 6.83. The minimum Gasteiger partial charge on any atom is -0.368 e. The summed E-state index contributed by atoms with van der Waals surface area (Å²) in [6.07, 6.45) is 10.3. The number of nitrogens with zero attached hydrogens (tertiary/aromatic N) is 2. The van der Waals surface area contributed by atoms with Gasteiger partial charge in [-0.25, -0.2) is 13.4 Å². The van der Waals surface area contributed by atoms with Gasteiger partial charge in [-0.1, -0.05) is 38.2 Å². The van der Waals surface area contributed by atoms with Gasteiger partial charge in [0, 0.05) is 19.3 Å². The summed E-state index contributed by atoms with van der Waals surface area (Å²) < 4.78 is 32.6. The molecule has 1 saturated carbocycles. The van der Waals surface area contributed by atoms with Crippen molar-refractivity contribution in [3.8, 4) is 0 Å². The molecule has 3 atom stereocenters. The van der Waals surface area contributed by atoms with E-state index in [4.69, 9.17) is 4.74 Å². The van der Waals surface area contributed by atoms with Crippen LogP contribution < -0.4 is 10.6 Å². The molecule has 0 bridgehead atoms. The van der Waals surface area contributed by atoms with E-state index < -0.39 is 34.1 Å². The van der Waals surface area contributed by atoms with Gasteiger partial charge in [-0.2, -0.15) is 4.31 Å². The Morgan fingerprint density at radius 1 is 1.08 bits per heavy atom. The summed E-state index contributed by atoms with van der Waals surface area (Å²) >= 11 is 0. The second-order valence-electron chi connectivity index (χ2n) is 10.3. The second-order valence-corrected chi connectivity index (χ2v) is 12.2. The highest BCUT2D eigenvalue weighted by Crippen LogP contribution is 2.28. The Bertz CT molecular complexity index is 1040. The molecule has 1 aromatic heterocycles. The first-order valence-electron chi connectivity index (χ1n) is 13.5. The van der Waals surface area contributed by atoms with Crippen LogP contribution in [0.3, 0.4) is 0 Å². The average molecular weight is 535 g/mol. The largest absolute Gasteiger partial charge is 0.368 e. The number of sulfonamides is 1. The molecule has 3 heterocycles. The Balaban J connectivity index is 1.39. The highest BCUT2D eigenvalue weighted by Gasteiger charge is 2.35. The second kappa shape index (κ2) is 12.9. The maximum absolute atomic E-state index is 13.3. The monoisotopic (exact) mass is 534 g/mol. The van der Waals surface area contributed by atoms with E-state index in [1.165, 1.54) is 31.5 Å². The molecule has 4 rings (SSSR count). The van der Waals surface area contributed by atoms with Gasteiger partial charge in [0.2, 0.25) is 11.8 Å². The van der Waals surface area contributed by atoms with Crippen molar-refractivity contribution in [3.05, 3.63) is 24.4 Å². The maximum atomic E-state index is 13.3. The lowest BCUT2D eigenvalue weighted by atomic mass is 9.85. The number of pyridine rings is 1. The molecule has 2 amide bonds. The molecule has 1 aromatic rings. The van der Waals surface area contributed by atoms with Crippen molar-refractivity contribution >= 4 is 27.6 Å². The van der Waals surface area contributed by atoms with Crippen molar-refractivity contribution < 1.29 is 27.5 Å². The molecular formula is C26H38N4O6S. The van der Waals surface area contributed by atoms with Gasteiger partial charge in [-0.3, -0.25) is 14.4 Å². The number of hydrogen-bond donors (Lipinski definition) is 2. The number of carbonyl (C=O) groups is 3. The van der Waals surface area contributed by atoms with Crippen molar-refractivity contribution in [2.75, 3.05) is 19.7 Å². The summed E-state index contributed by atoms with van der Waals surface area (Å²) in [5.74, 6) is -0.530. The molecule has 10 nitrogen and oxygen atoms in total. The number of carbonyl (C=O) groups excluding carboxylic acids is 3. The Labute approximate surface area is 219 Å². The van der Waals surface area contributed by atoms with Crippen LogP contribution in [0.1, 0.15) is 70.6 Å². The van der Waals surface area contributed by atoms with E-state index in [-0.39, 0.29) is 29.8 Å². The third-order valence-corrected chi connectivity index (χ3v) is 9.38. The minimum atomic E-state index is -3.92. The maximum Gasteiger partial charge on any atom is 0.260 e. The number of rotatable bonds is 9. The Hall–Kier alpha value is -2.37. The molecule has 11 heteroatoms. The van der Waals surface area contributed by atoms with E-state index in [0.29, 0.717) is 38.2 Å². The van der Waals surface area contributed by atoms with Gasteiger partial charge in [0.05, 0.1) is 12.6 Å². The predicted octanol–water partition coefficient (Wildman–Crippen LogP) is 1.94. The minimum absolute atomic E-state index is 0.107. The van der Waals surface area contributed by atoms with Gasteiger partial charge in [0.1, 0.15) is 12.1 Å². The topological polar surface area (TPSA) is 135 Å². The molecule has 2 unspecified atom stereocenters. The van der Waals surface area contributed by atoms with Crippen molar-refractivity contribution in [2.45, 2.75) is 93.8 Å². The number of ketones is 1. The van der Waals surface area contributed by atoms with Crippen molar-refractivity contribution in [2.24, 2.45) is 5.92 Å².